The quantitative estimate of drug-likeness (QED) is 0.609. The Labute approximate surface area is 79.6 Å². The summed E-state index contributed by atoms with van der Waals surface area (Å²) >= 11 is 0. The van der Waals surface area contributed by atoms with E-state index >= 15 is 0 Å². The predicted octanol–water partition coefficient (Wildman–Crippen LogP) is 2.61. The van der Waals surface area contributed by atoms with E-state index in [1.807, 2.05) is 0 Å². The zero-order valence-electron chi connectivity index (χ0n) is 7.19. The number of rotatable bonds is 3. The summed E-state index contributed by atoms with van der Waals surface area (Å²) in [6.07, 6.45) is -15.2. The summed E-state index contributed by atoms with van der Waals surface area (Å²) in [7, 11) is 0. The number of carbonyl (C=O) groups is 1. The normalized spacial score (nSPS) is 17.0. The van der Waals surface area contributed by atoms with E-state index < -0.39 is 30.5 Å². The molecule has 1 N–H and O–H groups in total. The fourth-order valence-electron chi connectivity index (χ4n) is 0.654. The second kappa shape index (κ2) is 4.15. The van der Waals surface area contributed by atoms with Crippen LogP contribution in [-0.4, -0.2) is 35.6 Å². The Morgan fingerprint density at radius 3 is 1.93 bits per heavy atom. The van der Waals surface area contributed by atoms with Crippen molar-refractivity contribution in [1.82, 2.24) is 0 Å². The molecule has 0 aromatic heterocycles. The lowest BCUT2D eigenvalue weighted by Gasteiger charge is -2.26. The Hall–Kier alpha value is -1.15. The van der Waals surface area contributed by atoms with Gasteiger partial charge in [-0.15, -0.1) is 0 Å². The number of ether oxygens (including phenoxy) is 1. The van der Waals surface area contributed by atoms with E-state index in [2.05, 4.69) is 4.74 Å². The largest absolute Gasteiger partial charge is 0.506 e. The maximum atomic E-state index is 12.6. The van der Waals surface area contributed by atoms with Crippen molar-refractivity contribution in [3.63, 3.8) is 0 Å². The molecule has 0 aromatic rings. The molecule has 0 saturated heterocycles. The Morgan fingerprint density at radius 2 is 1.67 bits per heavy atom. The third kappa shape index (κ3) is 3.48. The molecule has 0 aromatic carbocycles. The van der Waals surface area contributed by atoms with Gasteiger partial charge >= 0.3 is 18.3 Å². The average molecular weight is 240 g/mol. The van der Waals surface area contributed by atoms with Crippen LogP contribution >= 0.6 is 0 Å². The van der Waals surface area contributed by atoms with Gasteiger partial charge in [0, 0.05) is 0 Å². The summed E-state index contributed by atoms with van der Waals surface area (Å²) in [6.45, 7) is 0.326. The summed E-state index contributed by atoms with van der Waals surface area (Å²) in [5.74, 6) is -4.96. The second-order valence-electron chi connectivity index (χ2n) is 2.60. The van der Waals surface area contributed by atoms with E-state index in [1.165, 1.54) is 0 Å². The van der Waals surface area contributed by atoms with Gasteiger partial charge in [-0.1, -0.05) is 0 Å². The summed E-state index contributed by atoms with van der Waals surface area (Å²) in [6, 6.07) is 0. The fourth-order valence-corrected chi connectivity index (χ4v) is 0.654. The van der Waals surface area contributed by atoms with Crippen molar-refractivity contribution in [2.24, 2.45) is 0 Å². The summed E-state index contributed by atoms with van der Waals surface area (Å²) in [4.78, 5) is 9.77. The topological polar surface area (TPSA) is 46.5 Å². The van der Waals surface area contributed by atoms with Crippen LogP contribution in [0.5, 0.6) is 0 Å². The zero-order chi connectivity index (χ0) is 12.4. The van der Waals surface area contributed by atoms with Gasteiger partial charge in [-0.25, -0.2) is 9.18 Å². The fraction of sp³-hybridized carbons (Fsp3) is 0.833. The molecule has 0 saturated carbocycles. The van der Waals surface area contributed by atoms with Crippen molar-refractivity contribution in [1.29, 1.82) is 0 Å². The van der Waals surface area contributed by atoms with Crippen molar-refractivity contribution < 1.29 is 41.0 Å². The van der Waals surface area contributed by atoms with E-state index in [0.29, 0.717) is 6.92 Å². The highest BCUT2D eigenvalue weighted by Gasteiger charge is 2.60. The minimum absolute atomic E-state index is 0.326. The number of alkyl halides is 6. The Bertz CT molecular complexity index is 238. The SMILES string of the molecule is CC(OC(=O)O)C(F)(F)C(F)C(F)(F)F. The first-order valence-electron chi connectivity index (χ1n) is 3.47. The van der Waals surface area contributed by atoms with Crippen LogP contribution in [0.4, 0.5) is 31.1 Å². The minimum Gasteiger partial charge on any atom is -0.450 e. The Morgan fingerprint density at radius 1 is 1.27 bits per heavy atom. The number of halogens is 6. The molecule has 9 heteroatoms. The molecule has 0 spiro atoms. The first-order chi connectivity index (χ1) is 6.49. The van der Waals surface area contributed by atoms with Gasteiger partial charge in [-0.3, -0.25) is 0 Å². The second-order valence-corrected chi connectivity index (χ2v) is 2.60. The van der Waals surface area contributed by atoms with Crippen molar-refractivity contribution in [3.8, 4) is 0 Å². The predicted molar refractivity (Wildman–Crippen MR) is 34.5 cm³/mol. The molecule has 0 radical (unpaired) electrons. The highest BCUT2D eigenvalue weighted by molar-refractivity contribution is 5.57. The molecule has 0 heterocycles. The molecule has 0 aliphatic carbocycles. The summed E-state index contributed by atoms with van der Waals surface area (Å²) < 4.78 is 75.5. The summed E-state index contributed by atoms with van der Waals surface area (Å²) in [5, 5.41) is 7.87. The molecule has 0 aliphatic heterocycles. The third-order valence-electron chi connectivity index (χ3n) is 1.44. The van der Waals surface area contributed by atoms with Crippen molar-refractivity contribution in [2.75, 3.05) is 0 Å². The number of hydrogen-bond acceptors (Lipinski definition) is 2. The molecule has 90 valence electrons. The van der Waals surface area contributed by atoms with Gasteiger partial charge in [0.1, 0.15) is 0 Å². The van der Waals surface area contributed by atoms with E-state index in [4.69, 9.17) is 5.11 Å². The average Bonchev–Trinajstić information content (AvgIpc) is 1.99. The molecule has 0 fully saturated rings. The molecule has 2 atom stereocenters. The van der Waals surface area contributed by atoms with Crippen LogP contribution in [0, 0.1) is 0 Å². The van der Waals surface area contributed by atoms with Gasteiger partial charge in [0.2, 0.25) is 0 Å². The smallest absolute Gasteiger partial charge is 0.450 e. The van der Waals surface area contributed by atoms with Crippen molar-refractivity contribution >= 4 is 6.16 Å². The van der Waals surface area contributed by atoms with Crippen molar-refractivity contribution in [3.05, 3.63) is 0 Å². The maximum absolute atomic E-state index is 12.6. The lowest BCUT2D eigenvalue weighted by atomic mass is 10.1. The molecular formula is C6H6F6O3. The van der Waals surface area contributed by atoms with Crippen LogP contribution in [0.3, 0.4) is 0 Å². The van der Waals surface area contributed by atoms with Crippen LogP contribution in [0.2, 0.25) is 0 Å². The molecule has 0 rings (SSSR count). The highest BCUT2D eigenvalue weighted by Crippen LogP contribution is 2.37. The van der Waals surface area contributed by atoms with Gasteiger partial charge in [0.25, 0.3) is 6.17 Å². The van der Waals surface area contributed by atoms with Crippen LogP contribution in [0.1, 0.15) is 6.92 Å². The lowest BCUT2D eigenvalue weighted by molar-refractivity contribution is -0.265. The van der Waals surface area contributed by atoms with Crippen molar-refractivity contribution in [2.45, 2.75) is 31.3 Å². The van der Waals surface area contributed by atoms with Crippen LogP contribution in [-0.2, 0) is 4.74 Å². The first-order valence-corrected chi connectivity index (χ1v) is 3.47. The molecule has 0 amide bonds. The third-order valence-corrected chi connectivity index (χ3v) is 1.44. The summed E-state index contributed by atoms with van der Waals surface area (Å²) in [5.41, 5.74) is 0. The Kier molecular flexibility index (Phi) is 3.83. The monoisotopic (exact) mass is 240 g/mol. The Balaban J connectivity index is 4.73. The minimum atomic E-state index is -5.78. The molecule has 3 nitrogen and oxygen atoms in total. The zero-order valence-corrected chi connectivity index (χ0v) is 7.19. The van der Waals surface area contributed by atoms with E-state index in [0.717, 1.165) is 0 Å². The molecular weight excluding hydrogens is 234 g/mol. The van der Waals surface area contributed by atoms with Gasteiger partial charge in [-0.2, -0.15) is 22.0 Å². The van der Waals surface area contributed by atoms with E-state index in [9.17, 15) is 31.1 Å². The van der Waals surface area contributed by atoms with E-state index in [-0.39, 0.29) is 0 Å². The van der Waals surface area contributed by atoms with Gasteiger partial charge < -0.3 is 9.84 Å². The van der Waals surface area contributed by atoms with E-state index in [1.54, 1.807) is 0 Å². The van der Waals surface area contributed by atoms with Gasteiger partial charge in [0.05, 0.1) is 0 Å². The molecule has 15 heavy (non-hydrogen) atoms. The maximum Gasteiger partial charge on any atom is 0.506 e. The molecule has 0 aliphatic rings. The van der Waals surface area contributed by atoms with Crippen LogP contribution in [0.15, 0.2) is 0 Å². The highest BCUT2D eigenvalue weighted by atomic mass is 19.4. The molecule has 2 unspecified atom stereocenters. The van der Waals surface area contributed by atoms with Crippen LogP contribution in [0.25, 0.3) is 0 Å². The standard InChI is InChI=1S/C6H6F6O3/c1-2(15-4(13)14)5(8,9)3(7)6(10,11)12/h2-3H,1H3,(H,13,14). The number of hydrogen-bond donors (Lipinski definition) is 1. The molecule has 0 bridgehead atoms. The number of carboxylic acid groups (broad SMARTS) is 1. The lowest BCUT2D eigenvalue weighted by Crippen LogP contribution is -2.49. The first kappa shape index (κ1) is 13.8. The van der Waals surface area contributed by atoms with Gasteiger partial charge in [0.15, 0.2) is 6.10 Å². The van der Waals surface area contributed by atoms with Gasteiger partial charge in [-0.05, 0) is 6.92 Å². The van der Waals surface area contributed by atoms with Crippen LogP contribution < -0.4 is 0 Å².